The first-order valence-electron chi connectivity index (χ1n) is 3.90. The summed E-state index contributed by atoms with van der Waals surface area (Å²) >= 11 is 0. The SMILES string of the molecule is CCCC[PH](C)(O)N(C)C. The molecule has 0 amide bonds. The first-order chi connectivity index (χ1) is 4.50. The van der Waals surface area contributed by atoms with Gasteiger partial charge in [0.25, 0.3) is 0 Å². The predicted molar refractivity (Wildman–Crippen MR) is 49.9 cm³/mol. The van der Waals surface area contributed by atoms with Crippen LogP contribution in [0.15, 0.2) is 0 Å². The van der Waals surface area contributed by atoms with E-state index in [0.717, 1.165) is 12.6 Å². The van der Waals surface area contributed by atoms with Crippen LogP contribution in [0.3, 0.4) is 0 Å². The van der Waals surface area contributed by atoms with Gasteiger partial charge < -0.3 is 0 Å². The molecule has 0 radical (unpaired) electrons. The molecule has 0 rings (SSSR count). The molecule has 10 heavy (non-hydrogen) atoms. The fraction of sp³-hybridized carbons (Fsp3) is 1.00. The molecule has 0 atom stereocenters. The van der Waals surface area contributed by atoms with Gasteiger partial charge in [0.2, 0.25) is 0 Å². The maximum atomic E-state index is 9.79. The second-order valence-electron chi connectivity index (χ2n) is 3.21. The van der Waals surface area contributed by atoms with E-state index >= 15 is 0 Å². The van der Waals surface area contributed by atoms with E-state index in [1.807, 2.05) is 25.4 Å². The molecule has 0 aromatic rings. The molecule has 64 valence electrons. The first kappa shape index (κ1) is 10.3. The van der Waals surface area contributed by atoms with Crippen LogP contribution in [0.2, 0.25) is 0 Å². The fourth-order valence-corrected chi connectivity index (χ4v) is 2.21. The molecule has 0 saturated carbocycles. The Morgan fingerprint density at radius 2 is 1.90 bits per heavy atom. The van der Waals surface area contributed by atoms with Gasteiger partial charge >= 0.3 is 63.9 Å². The molecule has 0 heterocycles. The van der Waals surface area contributed by atoms with Gasteiger partial charge in [0, 0.05) is 0 Å². The van der Waals surface area contributed by atoms with Crippen LogP contribution in [0.25, 0.3) is 0 Å². The molecule has 3 heteroatoms. The summed E-state index contributed by atoms with van der Waals surface area (Å²) in [5.41, 5.74) is 0. The van der Waals surface area contributed by atoms with Crippen molar-refractivity contribution in [2.45, 2.75) is 19.8 Å². The summed E-state index contributed by atoms with van der Waals surface area (Å²) in [6.45, 7) is 4.14. The van der Waals surface area contributed by atoms with Crippen LogP contribution in [0.5, 0.6) is 0 Å². The summed E-state index contributed by atoms with van der Waals surface area (Å²) in [6, 6.07) is 0. The van der Waals surface area contributed by atoms with E-state index in [1.54, 1.807) is 0 Å². The molecule has 1 N–H and O–H groups in total. The molecule has 0 unspecified atom stereocenters. The zero-order chi connectivity index (χ0) is 8.20. The summed E-state index contributed by atoms with van der Waals surface area (Å²) < 4.78 is 1.99. The number of unbranched alkanes of at least 4 members (excludes halogenated alkanes) is 1. The van der Waals surface area contributed by atoms with E-state index in [1.165, 1.54) is 6.42 Å². The molecule has 0 saturated heterocycles. The summed E-state index contributed by atoms with van der Waals surface area (Å²) in [5, 5.41) is 0. The van der Waals surface area contributed by atoms with Crippen LogP contribution >= 0.6 is 7.64 Å². The van der Waals surface area contributed by atoms with E-state index in [0.29, 0.717) is 0 Å². The van der Waals surface area contributed by atoms with Crippen LogP contribution in [0.4, 0.5) is 0 Å². The second-order valence-corrected chi connectivity index (χ2v) is 7.04. The van der Waals surface area contributed by atoms with Crippen LogP contribution < -0.4 is 0 Å². The van der Waals surface area contributed by atoms with Crippen molar-refractivity contribution in [3.8, 4) is 0 Å². The Kier molecular flexibility index (Phi) is 4.42. The third-order valence-corrected chi connectivity index (χ3v) is 5.20. The van der Waals surface area contributed by atoms with E-state index < -0.39 is 7.64 Å². The standard InChI is InChI=1S/C7H20NOP/c1-5-6-7-10(4,9)8(2)3/h9-10H,5-7H2,1-4H3. The summed E-state index contributed by atoms with van der Waals surface area (Å²) in [4.78, 5) is 9.79. The molecular formula is C7H20NOP. The molecule has 0 aromatic carbocycles. The van der Waals surface area contributed by atoms with Gasteiger partial charge in [-0.15, -0.1) is 0 Å². The van der Waals surface area contributed by atoms with Crippen LogP contribution in [-0.4, -0.2) is 36.5 Å². The third-order valence-electron chi connectivity index (χ3n) is 1.97. The Hall–Kier alpha value is 0.350. The molecule has 0 aliphatic rings. The molecule has 0 aliphatic heterocycles. The Morgan fingerprint density at radius 3 is 2.20 bits per heavy atom. The van der Waals surface area contributed by atoms with Crippen molar-refractivity contribution in [1.29, 1.82) is 0 Å². The van der Waals surface area contributed by atoms with E-state index in [4.69, 9.17) is 0 Å². The Balaban J connectivity index is 3.63. The molecule has 0 spiro atoms. The molecule has 0 fully saturated rings. The van der Waals surface area contributed by atoms with Crippen LogP contribution in [-0.2, 0) is 0 Å². The van der Waals surface area contributed by atoms with Gasteiger partial charge in [-0.25, -0.2) is 0 Å². The zero-order valence-electron chi connectivity index (χ0n) is 7.52. The average Bonchev–Trinajstić information content (AvgIpc) is 1.84. The molecule has 0 aliphatic carbocycles. The predicted octanol–water partition coefficient (Wildman–Crippen LogP) is 1.55. The van der Waals surface area contributed by atoms with Crippen LogP contribution in [0.1, 0.15) is 19.8 Å². The number of rotatable bonds is 4. The van der Waals surface area contributed by atoms with Crippen molar-refractivity contribution in [1.82, 2.24) is 4.67 Å². The number of nitrogens with zero attached hydrogens (tertiary/aromatic N) is 1. The molecule has 0 aromatic heterocycles. The van der Waals surface area contributed by atoms with Gasteiger partial charge in [-0.1, -0.05) is 0 Å². The van der Waals surface area contributed by atoms with Crippen LogP contribution in [0, 0.1) is 0 Å². The minimum atomic E-state index is -1.97. The normalized spacial score (nSPS) is 14.2. The Bertz CT molecular complexity index is 93.6. The molecule has 2 nitrogen and oxygen atoms in total. The maximum absolute atomic E-state index is 9.79. The second kappa shape index (κ2) is 4.27. The summed E-state index contributed by atoms with van der Waals surface area (Å²) in [6.07, 6.45) is 3.32. The Morgan fingerprint density at radius 1 is 1.40 bits per heavy atom. The van der Waals surface area contributed by atoms with Gasteiger partial charge in [0.1, 0.15) is 0 Å². The van der Waals surface area contributed by atoms with Crippen molar-refractivity contribution in [3.63, 3.8) is 0 Å². The van der Waals surface area contributed by atoms with Crippen molar-refractivity contribution < 1.29 is 4.89 Å². The topological polar surface area (TPSA) is 23.5 Å². The first-order valence-corrected chi connectivity index (χ1v) is 6.50. The van der Waals surface area contributed by atoms with Gasteiger partial charge in [0.15, 0.2) is 0 Å². The van der Waals surface area contributed by atoms with Gasteiger partial charge in [-0.05, 0) is 0 Å². The van der Waals surface area contributed by atoms with Crippen molar-refractivity contribution in [2.75, 3.05) is 26.9 Å². The monoisotopic (exact) mass is 165 g/mol. The summed E-state index contributed by atoms with van der Waals surface area (Å²) in [7, 11) is 1.95. The number of hydrogen-bond donors (Lipinski definition) is 1. The van der Waals surface area contributed by atoms with Crippen molar-refractivity contribution in [2.24, 2.45) is 0 Å². The average molecular weight is 165 g/mol. The van der Waals surface area contributed by atoms with Crippen molar-refractivity contribution >= 4 is 7.64 Å². The van der Waals surface area contributed by atoms with Gasteiger partial charge in [-0.2, -0.15) is 0 Å². The quantitative estimate of drug-likeness (QED) is 0.639. The van der Waals surface area contributed by atoms with Crippen molar-refractivity contribution in [3.05, 3.63) is 0 Å². The Labute approximate surface area is 64.7 Å². The van der Waals surface area contributed by atoms with Gasteiger partial charge in [-0.3, -0.25) is 0 Å². The number of hydrogen-bond acceptors (Lipinski definition) is 2. The van der Waals surface area contributed by atoms with E-state index in [2.05, 4.69) is 6.92 Å². The van der Waals surface area contributed by atoms with Gasteiger partial charge in [0.05, 0.1) is 0 Å². The molecule has 0 bridgehead atoms. The fourth-order valence-electron chi connectivity index (χ4n) is 0.735. The zero-order valence-corrected chi connectivity index (χ0v) is 8.52. The van der Waals surface area contributed by atoms with E-state index in [9.17, 15) is 4.89 Å². The van der Waals surface area contributed by atoms with E-state index in [-0.39, 0.29) is 0 Å². The summed E-state index contributed by atoms with van der Waals surface area (Å²) in [5.74, 6) is 0. The molecular weight excluding hydrogens is 145 g/mol. The third kappa shape index (κ3) is 3.50. The minimum absolute atomic E-state index is 0.997.